The van der Waals surface area contributed by atoms with Crippen molar-refractivity contribution in [3.05, 3.63) is 95.1 Å². The third kappa shape index (κ3) is 4.04. The van der Waals surface area contributed by atoms with Crippen LogP contribution in [0.2, 0.25) is 0 Å². The third-order valence-electron chi connectivity index (χ3n) is 9.45. The van der Waals surface area contributed by atoms with E-state index < -0.39 is 23.2 Å². The van der Waals surface area contributed by atoms with E-state index in [0.717, 1.165) is 6.42 Å². The van der Waals surface area contributed by atoms with Crippen LogP contribution in [0, 0.1) is 11.3 Å². The van der Waals surface area contributed by atoms with E-state index >= 15 is 0 Å². The van der Waals surface area contributed by atoms with Crippen LogP contribution in [0.15, 0.2) is 72.8 Å². The largest absolute Gasteiger partial charge is 0.448 e. The lowest BCUT2D eigenvalue weighted by Gasteiger charge is -2.48. The normalized spacial score (nSPS) is 19.3. The van der Waals surface area contributed by atoms with Crippen molar-refractivity contribution in [3.8, 4) is 11.1 Å². The zero-order valence-electron chi connectivity index (χ0n) is 22.6. The number of nitrogens with zero attached hydrogens (tertiary/aromatic N) is 2. The minimum Gasteiger partial charge on any atom is -0.448 e. The van der Waals surface area contributed by atoms with E-state index in [9.17, 15) is 19.2 Å². The molecule has 2 heterocycles. The molecule has 0 aromatic heterocycles. The number of carbonyl (C=O) groups is 4. The summed E-state index contributed by atoms with van der Waals surface area (Å²) in [5.41, 5.74) is 4.44. The van der Waals surface area contributed by atoms with Crippen molar-refractivity contribution < 1.29 is 28.8 Å². The van der Waals surface area contributed by atoms with E-state index in [4.69, 9.17) is 9.57 Å². The average Bonchev–Trinajstić information content (AvgIpc) is 3.43. The highest BCUT2D eigenvalue weighted by Gasteiger charge is 2.54. The predicted molar refractivity (Wildman–Crippen MR) is 149 cm³/mol. The Morgan fingerprint density at radius 1 is 0.756 bits per heavy atom. The van der Waals surface area contributed by atoms with Crippen LogP contribution in [0.25, 0.3) is 11.1 Å². The summed E-state index contributed by atoms with van der Waals surface area (Å²) in [6.07, 6.45) is 3.07. The maximum Gasteiger partial charge on any atom is 0.409 e. The van der Waals surface area contributed by atoms with Gasteiger partial charge in [0.15, 0.2) is 0 Å². The summed E-state index contributed by atoms with van der Waals surface area (Å²) in [6.45, 7) is 1.22. The summed E-state index contributed by atoms with van der Waals surface area (Å²) in [7, 11) is 0. The fourth-order valence-electron chi connectivity index (χ4n) is 7.06. The van der Waals surface area contributed by atoms with E-state index in [2.05, 4.69) is 24.3 Å². The molecule has 0 unspecified atom stereocenters. The van der Waals surface area contributed by atoms with Gasteiger partial charge in [0.2, 0.25) is 0 Å². The lowest BCUT2D eigenvalue weighted by molar-refractivity contribution is -0.193. The number of carbonyl (C=O) groups excluding carboxylic acids is 4. The van der Waals surface area contributed by atoms with E-state index in [1.54, 1.807) is 29.2 Å². The highest BCUT2D eigenvalue weighted by Crippen LogP contribution is 2.52. The molecule has 2 aliphatic carbocycles. The summed E-state index contributed by atoms with van der Waals surface area (Å²) < 4.78 is 5.84. The molecular formula is C33H30N2O6. The van der Waals surface area contributed by atoms with Crippen molar-refractivity contribution in [3.63, 3.8) is 0 Å². The minimum absolute atomic E-state index is 0.000878. The first-order chi connectivity index (χ1) is 20.0. The van der Waals surface area contributed by atoms with Crippen LogP contribution in [-0.2, 0) is 14.4 Å². The first-order valence-corrected chi connectivity index (χ1v) is 14.3. The predicted octanol–water partition coefficient (Wildman–Crippen LogP) is 5.57. The number of amides is 3. The number of likely N-dealkylation sites (tertiary alicyclic amines) is 1. The van der Waals surface area contributed by atoms with Crippen molar-refractivity contribution in [2.75, 3.05) is 19.7 Å². The fourth-order valence-corrected chi connectivity index (χ4v) is 7.06. The first kappa shape index (κ1) is 25.5. The molecule has 2 fully saturated rings. The molecule has 3 aromatic carbocycles. The van der Waals surface area contributed by atoms with Crippen molar-refractivity contribution in [2.45, 2.75) is 38.0 Å². The van der Waals surface area contributed by atoms with Crippen LogP contribution in [0.4, 0.5) is 4.79 Å². The van der Waals surface area contributed by atoms with Gasteiger partial charge in [0.1, 0.15) is 6.61 Å². The van der Waals surface area contributed by atoms with Gasteiger partial charge in [-0.1, -0.05) is 72.1 Å². The van der Waals surface area contributed by atoms with Gasteiger partial charge >= 0.3 is 12.1 Å². The molecule has 0 N–H and O–H groups in total. The third-order valence-corrected chi connectivity index (χ3v) is 9.45. The highest BCUT2D eigenvalue weighted by molar-refractivity contribution is 6.21. The summed E-state index contributed by atoms with van der Waals surface area (Å²) in [6, 6.07) is 22.9. The van der Waals surface area contributed by atoms with Crippen LogP contribution in [-0.4, -0.2) is 53.5 Å². The molecular weight excluding hydrogens is 520 g/mol. The van der Waals surface area contributed by atoms with Gasteiger partial charge < -0.3 is 14.5 Å². The van der Waals surface area contributed by atoms with Gasteiger partial charge in [-0.25, -0.2) is 9.59 Å². The smallest absolute Gasteiger partial charge is 0.409 e. The van der Waals surface area contributed by atoms with Crippen molar-refractivity contribution in [1.82, 2.24) is 9.96 Å². The Bertz CT molecular complexity index is 1490. The van der Waals surface area contributed by atoms with Gasteiger partial charge in [0.25, 0.3) is 11.8 Å². The molecule has 2 aliphatic heterocycles. The number of ether oxygens (including phenoxy) is 1. The minimum atomic E-state index is -0.747. The number of fused-ring (bicyclic) bond motifs is 4. The van der Waals surface area contributed by atoms with Gasteiger partial charge in [-0.05, 0) is 66.0 Å². The number of hydrogen-bond acceptors (Lipinski definition) is 6. The molecule has 3 amide bonds. The van der Waals surface area contributed by atoms with Crippen LogP contribution in [0.3, 0.4) is 0 Å². The number of hydrogen-bond donors (Lipinski definition) is 0. The molecule has 0 radical (unpaired) electrons. The molecule has 8 nitrogen and oxygen atoms in total. The van der Waals surface area contributed by atoms with Gasteiger partial charge in [-0.2, -0.15) is 0 Å². The second kappa shape index (κ2) is 9.87. The molecule has 1 saturated carbocycles. The Balaban J connectivity index is 0.973. The summed E-state index contributed by atoms with van der Waals surface area (Å²) in [5.74, 6) is -1.76. The zero-order valence-corrected chi connectivity index (χ0v) is 22.6. The number of rotatable bonds is 5. The van der Waals surface area contributed by atoms with E-state index in [-0.39, 0.29) is 35.7 Å². The standard InChI is InChI=1S/C33H30N2O6/c36-29-26-12-5-6-13-27(26)30(37)35(29)41-31(38)33(16-7-17-33)21-14-18-34(19-15-21)32(39)40-20-28-24-10-3-1-8-22(24)23-9-2-4-11-25(23)28/h1-6,8-13,21,28H,7,14-20H2. The van der Waals surface area contributed by atoms with Crippen LogP contribution in [0.1, 0.15) is 69.9 Å². The summed E-state index contributed by atoms with van der Waals surface area (Å²) in [4.78, 5) is 59.2. The second-order valence-corrected chi connectivity index (χ2v) is 11.4. The van der Waals surface area contributed by atoms with E-state index in [1.165, 1.54) is 22.3 Å². The average molecular weight is 551 g/mol. The van der Waals surface area contributed by atoms with Gasteiger partial charge in [0.05, 0.1) is 16.5 Å². The first-order valence-electron chi connectivity index (χ1n) is 14.3. The monoisotopic (exact) mass is 550 g/mol. The zero-order chi connectivity index (χ0) is 28.1. The van der Waals surface area contributed by atoms with Crippen LogP contribution in [0.5, 0.6) is 0 Å². The number of piperidine rings is 1. The lowest BCUT2D eigenvalue weighted by atomic mass is 9.58. The molecule has 0 spiro atoms. The summed E-state index contributed by atoms with van der Waals surface area (Å²) >= 11 is 0. The Hall–Kier alpha value is -4.46. The van der Waals surface area contributed by atoms with E-state index in [1.807, 2.05) is 24.3 Å². The quantitative estimate of drug-likeness (QED) is 0.386. The maximum absolute atomic E-state index is 13.4. The second-order valence-electron chi connectivity index (χ2n) is 11.4. The van der Waals surface area contributed by atoms with Crippen molar-refractivity contribution >= 4 is 23.9 Å². The Morgan fingerprint density at radius 2 is 1.27 bits per heavy atom. The Kier molecular flexibility index (Phi) is 6.14. The molecule has 1 saturated heterocycles. The van der Waals surface area contributed by atoms with Gasteiger partial charge in [-0.15, -0.1) is 0 Å². The van der Waals surface area contributed by atoms with Crippen molar-refractivity contribution in [2.24, 2.45) is 11.3 Å². The molecule has 7 rings (SSSR count). The van der Waals surface area contributed by atoms with Crippen molar-refractivity contribution in [1.29, 1.82) is 0 Å². The number of imide groups is 1. The molecule has 41 heavy (non-hydrogen) atoms. The summed E-state index contributed by atoms with van der Waals surface area (Å²) in [5, 5.41) is 0.610. The maximum atomic E-state index is 13.4. The molecule has 3 aromatic rings. The SMILES string of the molecule is O=C(OCC1c2ccccc2-c2ccccc21)N1CCC(C2(C(=O)ON3C(=O)c4ccccc4C3=O)CCC2)CC1. The number of benzene rings is 3. The molecule has 8 heteroatoms. The van der Waals surface area contributed by atoms with Crippen LogP contribution < -0.4 is 0 Å². The van der Waals surface area contributed by atoms with Crippen LogP contribution >= 0.6 is 0 Å². The Labute approximate surface area is 237 Å². The topological polar surface area (TPSA) is 93.2 Å². The van der Waals surface area contributed by atoms with Gasteiger partial charge in [0, 0.05) is 19.0 Å². The Morgan fingerprint density at radius 3 is 1.78 bits per heavy atom. The van der Waals surface area contributed by atoms with E-state index in [0.29, 0.717) is 43.8 Å². The molecule has 4 aliphatic rings. The fraction of sp³-hybridized carbons (Fsp3) is 0.333. The highest BCUT2D eigenvalue weighted by atomic mass is 16.7. The molecule has 208 valence electrons. The molecule has 0 atom stereocenters. The lowest BCUT2D eigenvalue weighted by Crippen LogP contribution is -2.52. The molecule has 0 bridgehead atoms. The number of hydroxylamine groups is 2. The van der Waals surface area contributed by atoms with Gasteiger partial charge in [-0.3, -0.25) is 9.59 Å².